The second kappa shape index (κ2) is 8.49. The number of benzene rings is 2. The third kappa shape index (κ3) is 4.58. The molecule has 3 N–H and O–H groups in total. The van der Waals surface area contributed by atoms with E-state index in [4.69, 9.17) is 15.2 Å². The molecule has 0 radical (unpaired) electrons. The van der Waals surface area contributed by atoms with Crippen LogP contribution >= 0.6 is 11.8 Å². The molecule has 0 saturated heterocycles. The number of methoxy groups -OCH3 is 2. The fourth-order valence-electron chi connectivity index (χ4n) is 2.24. The summed E-state index contributed by atoms with van der Waals surface area (Å²) in [6.07, 6.45) is 2.06. The number of aliphatic imine (C=N–C) groups is 1. The molecule has 2 rings (SSSR count). The predicted molar refractivity (Wildman–Crippen MR) is 101 cm³/mol. The van der Waals surface area contributed by atoms with Gasteiger partial charge in [0.1, 0.15) is 11.5 Å². The Kier molecular flexibility index (Phi) is 6.37. The van der Waals surface area contributed by atoms with E-state index in [0.717, 1.165) is 5.56 Å². The summed E-state index contributed by atoms with van der Waals surface area (Å²) in [5.41, 5.74) is 9.12. The highest BCUT2D eigenvalue weighted by atomic mass is 32.2. The van der Waals surface area contributed by atoms with Crippen LogP contribution < -0.4 is 20.5 Å². The number of hydrogen-bond donors (Lipinski definition) is 2. The summed E-state index contributed by atoms with van der Waals surface area (Å²) in [4.78, 5) is 5.65. The van der Waals surface area contributed by atoms with Crippen LogP contribution in [0.5, 0.6) is 11.5 Å². The van der Waals surface area contributed by atoms with Gasteiger partial charge >= 0.3 is 0 Å². The molecule has 0 bridgehead atoms. The highest BCUT2D eigenvalue weighted by Crippen LogP contribution is 2.28. The average molecular weight is 345 g/mol. The SMILES string of the molecule is COc1ccc(OC)c(NC(N)=NCc2ccc(C)cc2SC)c1. The molecule has 2 aromatic carbocycles. The molecule has 0 fully saturated rings. The first-order valence-corrected chi connectivity index (χ1v) is 8.72. The van der Waals surface area contributed by atoms with Crippen molar-refractivity contribution in [3.8, 4) is 11.5 Å². The smallest absolute Gasteiger partial charge is 0.193 e. The molecule has 0 aliphatic carbocycles. The topological polar surface area (TPSA) is 68.9 Å². The summed E-state index contributed by atoms with van der Waals surface area (Å²) in [5, 5.41) is 3.07. The number of thioether (sulfide) groups is 1. The van der Waals surface area contributed by atoms with E-state index in [1.165, 1.54) is 10.5 Å². The standard InChI is InChI=1S/C18H23N3O2S/c1-12-5-6-13(17(9-12)24-4)11-20-18(19)21-15-10-14(22-2)7-8-16(15)23-3/h5-10H,11H2,1-4H3,(H3,19,20,21). The van der Waals surface area contributed by atoms with Gasteiger partial charge < -0.3 is 20.5 Å². The zero-order valence-corrected chi connectivity index (χ0v) is 15.2. The van der Waals surface area contributed by atoms with Crippen molar-refractivity contribution in [2.45, 2.75) is 18.4 Å². The minimum atomic E-state index is 0.328. The van der Waals surface area contributed by atoms with Crippen molar-refractivity contribution >= 4 is 23.4 Å². The molecule has 6 heteroatoms. The molecule has 128 valence electrons. The van der Waals surface area contributed by atoms with Crippen LogP contribution in [0.4, 0.5) is 5.69 Å². The van der Waals surface area contributed by atoms with Crippen molar-refractivity contribution in [3.05, 3.63) is 47.5 Å². The van der Waals surface area contributed by atoms with E-state index < -0.39 is 0 Å². The Morgan fingerprint density at radius 3 is 2.62 bits per heavy atom. The maximum atomic E-state index is 6.03. The molecule has 0 aromatic heterocycles. The largest absolute Gasteiger partial charge is 0.497 e. The second-order valence-corrected chi connectivity index (χ2v) is 6.06. The number of rotatable bonds is 6. The molecule has 24 heavy (non-hydrogen) atoms. The molecular formula is C18H23N3O2S. The van der Waals surface area contributed by atoms with Crippen molar-refractivity contribution in [2.24, 2.45) is 10.7 Å². The quantitative estimate of drug-likeness (QED) is 0.475. The fourth-order valence-corrected chi connectivity index (χ4v) is 2.94. The summed E-state index contributed by atoms with van der Waals surface area (Å²) in [6.45, 7) is 2.60. The number of guanidine groups is 1. The lowest BCUT2D eigenvalue weighted by molar-refractivity contribution is 0.405. The first kappa shape index (κ1) is 18.0. The van der Waals surface area contributed by atoms with E-state index in [1.807, 2.05) is 18.2 Å². The number of nitrogens with one attached hydrogen (secondary N) is 1. The third-order valence-electron chi connectivity index (χ3n) is 3.53. The van der Waals surface area contributed by atoms with Crippen molar-refractivity contribution in [3.63, 3.8) is 0 Å². The Balaban J connectivity index is 2.15. The highest BCUT2D eigenvalue weighted by molar-refractivity contribution is 7.98. The van der Waals surface area contributed by atoms with Crippen LogP contribution in [-0.4, -0.2) is 26.4 Å². The Morgan fingerprint density at radius 2 is 1.96 bits per heavy atom. The Labute approximate surface area is 147 Å². The Bertz CT molecular complexity index is 732. The van der Waals surface area contributed by atoms with Crippen LogP contribution in [0.15, 0.2) is 46.3 Å². The molecule has 0 saturated carbocycles. The number of hydrogen-bond acceptors (Lipinski definition) is 4. The fraction of sp³-hybridized carbons (Fsp3) is 0.278. The monoisotopic (exact) mass is 345 g/mol. The number of nitrogens with zero attached hydrogens (tertiary/aromatic N) is 1. The molecule has 0 atom stereocenters. The zero-order valence-electron chi connectivity index (χ0n) is 14.4. The molecule has 0 unspecified atom stereocenters. The summed E-state index contributed by atoms with van der Waals surface area (Å²) in [7, 11) is 3.22. The van der Waals surface area contributed by atoms with Gasteiger partial charge in [-0.15, -0.1) is 11.8 Å². The van der Waals surface area contributed by atoms with E-state index in [9.17, 15) is 0 Å². The molecule has 0 aliphatic rings. The summed E-state index contributed by atoms with van der Waals surface area (Å²) >= 11 is 1.71. The first-order chi connectivity index (χ1) is 11.6. The molecule has 0 spiro atoms. The maximum Gasteiger partial charge on any atom is 0.193 e. The number of anilines is 1. The van der Waals surface area contributed by atoms with E-state index in [0.29, 0.717) is 29.7 Å². The Hall–Kier alpha value is -2.34. The van der Waals surface area contributed by atoms with Gasteiger partial charge in [-0.25, -0.2) is 4.99 Å². The third-order valence-corrected chi connectivity index (χ3v) is 4.35. The van der Waals surface area contributed by atoms with Gasteiger partial charge in [-0.1, -0.05) is 12.1 Å². The number of aryl methyl sites for hydroxylation is 1. The lowest BCUT2D eigenvalue weighted by Gasteiger charge is -2.12. The van der Waals surface area contributed by atoms with Crippen LogP contribution in [0.3, 0.4) is 0 Å². The maximum absolute atomic E-state index is 6.03. The van der Waals surface area contributed by atoms with Gasteiger partial charge in [-0.05, 0) is 42.5 Å². The summed E-state index contributed by atoms with van der Waals surface area (Å²) in [6, 6.07) is 11.8. The number of nitrogens with two attached hydrogens (primary N) is 1. The highest BCUT2D eigenvalue weighted by Gasteiger charge is 2.07. The lowest BCUT2D eigenvalue weighted by atomic mass is 10.1. The number of ether oxygens (including phenoxy) is 2. The van der Waals surface area contributed by atoms with Gasteiger partial charge in [-0.2, -0.15) is 0 Å². The van der Waals surface area contributed by atoms with Crippen LogP contribution in [0, 0.1) is 6.92 Å². The molecule has 5 nitrogen and oxygen atoms in total. The van der Waals surface area contributed by atoms with Crippen LogP contribution in [0.1, 0.15) is 11.1 Å². The van der Waals surface area contributed by atoms with Gasteiger partial charge in [0.15, 0.2) is 5.96 Å². The van der Waals surface area contributed by atoms with Gasteiger partial charge in [-0.3, -0.25) is 0 Å². The minimum absolute atomic E-state index is 0.328. The van der Waals surface area contributed by atoms with Gasteiger partial charge in [0.25, 0.3) is 0 Å². The predicted octanol–water partition coefficient (Wildman–Crippen LogP) is 3.66. The Morgan fingerprint density at radius 1 is 1.17 bits per heavy atom. The zero-order chi connectivity index (χ0) is 17.5. The molecule has 0 aliphatic heterocycles. The summed E-state index contributed by atoms with van der Waals surface area (Å²) < 4.78 is 10.6. The lowest BCUT2D eigenvalue weighted by Crippen LogP contribution is -2.23. The molecular weight excluding hydrogens is 322 g/mol. The minimum Gasteiger partial charge on any atom is -0.497 e. The van der Waals surface area contributed by atoms with Crippen molar-refractivity contribution < 1.29 is 9.47 Å². The average Bonchev–Trinajstić information content (AvgIpc) is 2.60. The van der Waals surface area contributed by atoms with Crippen molar-refractivity contribution in [2.75, 3.05) is 25.8 Å². The molecule has 0 heterocycles. The van der Waals surface area contributed by atoms with Crippen molar-refractivity contribution in [1.82, 2.24) is 0 Å². The second-order valence-electron chi connectivity index (χ2n) is 5.21. The summed E-state index contributed by atoms with van der Waals surface area (Å²) in [5.74, 6) is 1.72. The van der Waals surface area contributed by atoms with Gasteiger partial charge in [0.05, 0.1) is 26.5 Å². The van der Waals surface area contributed by atoms with Crippen LogP contribution in [-0.2, 0) is 6.54 Å². The van der Waals surface area contributed by atoms with E-state index in [1.54, 1.807) is 26.0 Å². The van der Waals surface area contributed by atoms with E-state index in [2.05, 4.69) is 41.7 Å². The first-order valence-electron chi connectivity index (χ1n) is 7.50. The van der Waals surface area contributed by atoms with Gasteiger partial charge in [0, 0.05) is 11.0 Å². The van der Waals surface area contributed by atoms with Gasteiger partial charge in [0.2, 0.25) is 0 Å². The van der Waals surface area contributed by atoms with Crippen LogP contribution in [0.2, 0.25) is 0 Å². The normalized spacial score (nSPS) is 11.2. The van der Waals surface area contributed by atoms with Crippen molar-refractivity contribution in [1.29, 1.82) is 0 Å². The van der Waals surface area contributed by atoms with E-state index in [-0.39, 0.29) is 0 Å². The van der Waals surface area contributed by atoms with E-state index >= 15 is 0 Å². The van der Waals surface area contributed by atoms with Crippen LogP contribution in [0.25, 0.3) is 0 Å². The molecule has 0 amide bonds. The molecule has 2 aromatic rings.